The Morgan fingerprint density at radius 2 is 2.40 bits per heavy atom. The standard InChI is InChI=1S/C7H7NO2/c1-8-4-2-3-6(8)7(10)5-9/h2-5H,1H3. The molecule has 0 N–H and O–H groups in total. The molecule has 3 nitrogen and oxygen atoms in total. The third-order valence-corrected chi connectivity index (χ3v) is 1.30. The maximum atomic E-state index is 10.7. The van der Waals surface area contributed by atoms with Crippen molar-refractivity contribution in [2.45, 2.75) is 0 Å². The Morgan fingerprint density at radius 1 is 1.70 bits per heavy atom. The molecule has 0 radical (unpaired) electrons. The molecule has 0 spiro atoms. The molecule has 0 amide bonds. The fraction of sp³-hybridized carbons (Fsp3) is 0.143. The average Bonchev–Trinajstić information content (AvgIpc) is 2.34. The number of aldehydes is 1. The number of Topliss-reactive ketones (excluding diaryl/α,β-unsaturated/α-hetero) is 1. The second kappa shape index (κ2) is 2.47. The van der Waals surface area contributed by atoms with E-state index in [9.17, 15) is 9.59 Å². The van der Waals surface area contributed by atoms with Gasteiger partial charge in [0.15, 0.2) is 6.29 Å². The molecular formula is C7H7NO2. The summed E-state index contributed by atoms with van der Waals surface area (Å²) in [5.74, 6) is -0.479. The maximum absolute atomic E-state index is 10.7. The van der Waals surface area contributed by atoms with E-state index in [0.29, 0.717) is 12.0 Å². The van der Waals surface area contributed by atoms with E-state index in [4.69, 9.17) is 0 Å². The van der Waals surface area contributed by atoms with Gasteiger partial charge in [-0.05, 0) is 12.1 Å². The highest BCUT2D eigenvalue weighted by atomic mass is 16.2. The smallest absolute Gasteiger partial charge is 0.241 e. The highest BCUT2D eigenvalue weighted by Gasteiger charge is 2.05. The van der Waals surface area contributed by atoms with Gasteiger partial charge in [-0.3, -0.25) is 9.59 Å². The first-order valence-corrected chi connectivity index (χ1v) is 2.86. The van der Waals surface area contributed by atoms with Gasteiger partial charge in [0.25, 0.3) is 0 Å². The lowest BCUT2D eigenvalue weighted by Gasteiger charge is -1.93. The number of carbonyl (C=O) groups excluding carboxylic acids is 2. The Labute approximate surface area is 58.3 Å². The van der Waals surface area contributed by atoms with Crippen LogP contribution in [0.25, 0.3) is 0 Å². The van der Waals surface area contributed by atoms with Gasteiger partial charge in [-0.2, -0.15) is 0 Å². The van der Waals surface area contributed by atoms with Crippen LogP contribution in [0.2, 0.25) is 0 Å². The molecule has 0 saturated carbocycles. The van der Waals surface area contributed by atoms with Crippen molar-refractivity contribution in [1.29, 1.82) is 0 Å². The highest BCUT2D eigenvalue weighted by Crippen LogP contribution is 1.98. The zero-order valence-corrected chi connectivity index (χ0v) is 5.57. The Morgan fingerprint density at radius 3 is 2.80 bits per heavy atom. The van der Waals surface area contributed by atoms with E-state index in [1.54, 1.807) is 29.9 Å². The average molecular weight is 137 g/mol. The zero-order valence-electron chi connectivity index (χ0n) is 5.57. The van der Waals surface area contributed by atoms with E-state index in [2.05, 4.69) is 0 Å². The Kier molecular flexibility index (Phi) is 1.67. The van der Waals surface area contributed by atoms with Gasteiger partial charge < -0.3 is 4.57 Å². The Hall–Kier alpha value is -1.38. The summed E-state index contributed by atoms with van der Waals surface area (Å²) in [7, 11) is 1.72. The van der Waals surface area contributed by atoms with Crippen molar-refractivity contribution in [2.24, 2.45) is 7.05 Å². The van der Waals surface area contributed by atoms with Gasteiger partial charge in [-0.15, -0.1) is 0 Å². The number of rotatable bonds is 2. The highest BCUT2D eigenvalue weighted by molar-refractivity contribution is 6.32. The van der Waals surface area contributed by atoms with E-state index in [0.717, 1.165) is 0 Å². The molecule has 0 aliphatic heterocycles. The third-order valence-electron chi connectivity index (χ3n) is 1.30. The van der Waals surface area contributed by atoms with Crippen LogP contribution in [0.3, 0.4) is 0 Å². The molecule has 0 aromatic carbocycles. The SMILES string of the molecule is Cn1cccc1C(=O)C=O. The van der Waals surface area contributed by atoms with Crippen LogP contribution in [0, 0.1) is 0 Å². The maximum Gasteiger partial charge on any atom is 0.241 e. The fourth-order valence-electron chi connectivity index (χ4n) is 0.777. The molecule has 1 aromatic rings. The van der Waals surface area contributed by atoms with Gasteiger partial charge >= 0.3 is 0 Å². The van der Waals surface area contributed by atoms with Gasteiger partial charge in [-0.25, -0.2) is 0 Å². The van der Waals surface area contributed by atoms with E-state index in [1.165, 1.54) is 0 Å². The summed E-state index contributed by atoms with van der Waals surface area (Å²) in [5.41, 5.74) is 0.426. The zero-order chi connectivity index (χ0) is 7.56. The van der Waals surface area contributed by atoms with Crippen LogP contribution < -0.4 is 0 Å². The van der Waals surface area contributed by atoms with Crippen molar-refractivity contribution in [3.63, 3.8) is 0 Å². The van der Waals surface area contributed by atoms with Crippen molar-refractivity contribution < 1.29 is 9.59 Å². The van der Waals surface area contributed by atoms with Gasteiger partial charge in [0, 0.05) is 13.2 Å². The number of aromatic nitrogens is 1. The molecule has 0 fully saturated rings. The second-order valence-electron chi connectivity index (χ2n) is 1.99. The van der Waals surface area contributed by atoms with E-state index < -0.39 is 5.78 Å². The van der Waals surface area contributed by atoms with Crippen LogP contribution in [0.4, 0.5) is 0 Å². The van der Waals surface area contributed by atoms with Crippen LogP contribution in [0.1, 0.15) is 10.5 Å². The van der Waals surface area contributed by atoms with E-state index in [-0.39, 0.29) is 0 Å². The molecule has 1 heterocycles. The summed E-state index contributed by atoms with van der Waals surface area (Å²) in [6, 6.07) is 3.33. The number of nitrogens with zero attached hydrogens (tertiary/aromatic N) is 1. The molecule has 0 bridgehead atoms. The summed E-state index contributed by atoms with van der Waals surface area (Å²) in [6.45, 7) is 0. The first-order chi connectivity index (χ1) is 4.75. The molecular weight excluding hydrogens is 130 g/mol. The fourth-order valence-corrected chi connectivity index (χ4v) is 0.777. The Balaban J connectivity index is 3.04. The summed E-state index contributed by atoms with van der Waals surface area (Å²) >= 11 is 0. The number of aryl methyl sites for hydroxylation is 1. The van der Waals surface area contributed by atoms with Crippen molar-refractivity contribution >= 4 is 12.1 Å². The molecule has 3 heteroatoms. The van der Waals surface area contributed by atoms with E-state index in [1.807, 2.05) is 0 Å². The molecule has 1 aromatic heterocycles. The van der Waals surface area contributed by atoms with Gasteiger partial charge in [0.1, 0.15) is 0 Å². The lowest BCUT2D eigenvalue weighted by Crippen LogP contribution is -2.05. The summed E-state index contributed by atoms with van der Waals surface area (Å²) in [6.07, 6.45) is 2.03. The summed E-state index contributed by atoms with van der Waals surface area (Å²) < 4.78 is 1.61. The molecule has 0 aliphatic carbocycles. The minimum absolute atomic E-state index is 0.315. The Bertz CT molecular complexity index is 262. The van der Waals surface area contributed by atoms with Crippen LogP contribution >= 0.6 is 0 Å². The quantitative estimate of drug-likeness (QED) is 0.336. The van der Waals surface area contributed by atoms with E-state index >= 15 is 0 Å². The first kappa shape index (κ1) is 6.74. The van der Waals surface area contributed by atoms with Crippen LogP contribution in [0.15, 0.2) is 18.3 Å². The lowest BCUT2D eigenvalue weighted by atomic mass is 10.3. The van der Waals surface area contributed by atoms with Crippen LogP contribution in [-0.2, 0) is 11.8 Å². The lowest BCUT2D eigenvalue weighted by molar-refractivity contribution is -0.104. The molecule has 0 atom stereocenters. The predicted molar refractivity (Wildman–Crippen MR) is 35.8 cm³/mol. The molecule has 10 heavy (non-hydrogen) atoms. The predicted octanol–water partition coefficient (Wildman–Crippen LogP) is 0.407. The first-order valence-electron chi connectivity index (χ1n) is 2.86. The van der Waals surface area contributed by atoms with Gasteiger partial charge in [-0.1, -0.05) is 0 Å². The number of carbonyl (C=O) groups is 2. The van der Waals surface area contributed by atoms with Crippen molar-refractivity contribution in [1.82, 2.24) is 4.57 Å². The second-order valence-corrected chi connectivity index (χ2v) is 1.99. The van der Waals surface area contributed by atoms with Gasteiger partial charge in [0.2, 0.25) is 5.78 Å². The minimum Gasteiger partial charge on any atom is -0.348 e. The molecule has 52 valence electrons. The van der Waals surface area contributed by atoms with Crippen LogP contribution in [-0.4, -0.2) is 16.6 Å². The molecule has 0 unspecified atom stereocenters. The third kappa shape index (κ3) is 0.978. The number of ketones is 1. The summed E-state index contributed by atoms with van der Waals surface area (Å²) in [5, 5.41) is 0. The monoisotopic (exact) mass is 137 g/mol. The number of hydrogen-bond acceptors (Lipinski definition) is 2. The summed E-state index contributed by atoms with van der Waals surface area (Å²) in [4.78, 5) is 20.7. The van der Waals surface area contributed by atoms with Crippen LogP contribution in [0.5, 0.6) is 0 Å². The number of hydrogen-bond donors (Lipinski definition) is 0. The molecule has 0 aliphatic rings. The van der Waals surface area contributed by atoms with Crippen molar-refractivity contribution in [3.05, 3.63) is 24.0 Å². The van der Waals surface area contributed by atoms with Crippen molar-refractivity contribution in [3.8, 4) is 0 Å². The topological polar surface area (TPSA) is 39.1 Å². The normalized spacial score (nSPS) is 9.30. The largest absolute Gasteiger partial charge is 0.348 e. The van der Waals surface area contributed by atoms with Gasteiger partial charge in [0.05, 0.1) is 5.69 Å². The minimum atomic E-state index is -0.479. The molecule has 1 rings (SSSR count). The van der Waals surface area contributed by atoms with Crippen molar-refractivity contribution in [2.75, 3.05) is 0 Å². The molecule has 0 saturated heterocycles.